The van der Waals surface area contributed by atoms with Gasteiger partial charge in [-0.05, 0) is 32.9 Å². The number of nitrogens with one attached hydrogen (secondary N) is 1. The van der Waals surface area contributed by atoms with E-state index in [2.05, 4.69) is 4.72 Å². The highest BCUT2D eigenvalue weighted by Gasteiger charge is 2.32. The molecule has 0 aromatic heterocycles. The van der Waals surface area contributed by atoms with Crippen molar-refractivity contribution in [3.05, 3.63) is 24.0 Å². The van der Waals surface area contributed by atoms with E-state index in [1.165, 1.54) is 32.9 Å². The minimum absolute atomic E-state index is 0.177. The van der Waals surface area contributed by atoms with E-state index >= 15 is 0 Å². The van der Waals surface area contributed by atoms with Crippen molar-refractivity contribution in [1.82, 2.24) is 4.72 Å². The molecule has 18 heavy (non-hydrogen) atoms. The van der Waals surface area contributed by atoms with Gasteiger partial charge in [-0.2, -0.15) is 0 Å². The van der Waals surface area contributed by atoms with Crippen molar-refractivity contribution in [1.29, 1.82) is 0 Å². The predicted molar refractivity (Wildman–Crippen MR) is 66.9 cm³/mol. The lowest BCUT2D eigenvalue weighted by Gasteiger charge is -2.29. The van der Waals surface area contributed by atoms with Crippen LogP contribution in [0.2, 0.25) is 0 Å². The van der Waals surface area contributed by atoms with E-state index in [0.717, 1.165) is 6.07 Å². The number of rotatable bonds is 4. The lowest BCUT2D eigenvalue weighted by Crippen LogP contribution is -2.51. The molecular formula is C11H17FN2O3S. The van der Waals surface area contributed by atoms with Gasteiger partial charge in [-0.15, -0.1) is 0 Å². The molecule has 0 heterocycles. The molecule has 1 rings (SSSR count). The van der Waals surface area contributed by atoms with Gasteiger partial charge >= 0.3 is 0 Å². The third kappa shape index (κ3) is 2.98. The second-order valence-corrected chi connectivity index (χ2v) is 6.28. The summed E-state index contributed by atoms with van der Waals surface area (Å²) >= 11 is 0. The molecule has 0 spiro atoms. The maximum atomic E-state index is 13.6. The first kappa shape index (κ1) is 14.9. The molecule has 0 bridgehead atoms. The fraction of sp³-hybridized carbons (Fsp3) is 0.455. The molecular weight excluding hydrogens is 259 g/mol. The van der Waals surface area contributed by atoms with Crippen molar-refractivity contribution in [2.45, 2.75) is 37.3 Å². The van der Waals surface area contributed by atoms with Crippen LogP contribution in [0.4, 0.5) is 10.1 Å². The van der Waals surface area contributed by atoms with Gasteiger partial charge in [-0.1, -0.05) is 6.07 Å². The maximum Gasteiger partial charge on any atom is 0.246 e. The molecule has 0 saturated carbocycles. The molecule has 1 aromatic rings. The number of benzene rings is 1. The van der Waals surface area contributed by atoms with Crippen LogP contribution in [0.25, 0.3) is 0 Å². The van der Waals surface area contributed by atoms with Gasteiger partial charge in [0.05, 0.1) is 17.3 Å². The highest BCUT2D eigenvalue weighted by molar-refractivity contribution is 7.89. The Morgan fingerprint density at radius 1 is 1.44 bits per heavy atom. The number of halogens is 1. The summed E-state index contributed by atoms with van der Waals surface area (Å²) in [6.45, 7) is 4.42. The van der Waals surface area contributed by atoms with Crippen LogP contribution in [0.3, 0.4) is 0 Å². The molecule has 1 unspecified atom stereocenters. The van der Waals surface area contributed by atoms with Gasteiger partial charge < -0.3 is 10.8 Å². The molecule has 7 heteroatoms. The molecule has 1 atom stereocenters. The summed E-state index contributed by atoms with van der Waals surface area (Å²) in [6.07, 6.45) is -0.944. The summed E-state index contributed by atoms with van der Waals surface area (Å²) in [7, 11) is -4.13. The zero-order chi connectivity index (χ0) is 14.1. The second-order valence-electron chi connectivity index (χ2n) is 4.66. The van der Waals surface area contributed by atoms with E-state index in [0.29, 0.717) is 0 Å². The first-order chi connectivity index (χ1) is 8.08. The smallest absolute Gasteiger partial charge is 0.246 e. The number of anilines is 1. The average molecular weight is 276 g/mol. The molecule has 102 valence electrons. The van der Waals surface area contributed by atoms with E-state index in [1.807, 2.05) is 0 Å². The van der Waals surface area contributed by atoms with Crippen LogP contribution < -0.4 is 10.5 Å². The summed E-state index contributed by atoms with van der Waals surface area (Å²) in [6, 6.07) is 3.64. The number of aliphatic hydroxyl groups is 1. The summed E-state index contributed by atoms with van der Waals surface area (Å²) in [4.78, 5) is -0.598. The molecule has 0 aliphatic carbocycles. The third-order valence-electron chi connectivity index (χ3n) is 2.71. The van der Waals surface area contributed by atoms with Crippen LogP contribution in [-0.4, -0.2) is 25.2 Å². The monoisotopic (exact) mass is 276 g/mol. The molecule has 1 aromatic carbocycles. The Hall–Kier alpha value is -1.18. The highest BCUT2D eigenvalue weighted by atomic mass is 32.2. The molecule has 0 amide bonds. The van der Waals surface area contributed by atoms with Crippen LogP contribution in [0.15, 0.2) is 23.1 Å². The highest BCUT2D eigenvalue weighted by Crippen LogP contribution is 2.23. The van der Waals surface area contributed by atoms with E-state index in [4.69, 9.17) is 5.73 Å². The molecule has 0 aliphatic heterocycles. The number of sulfonamides is 1. The van der Waals surface area contributed by atoms with Gasteiger partial charge in [0.25, 0.3) is 0 Å². The Morgan fingerprint density at radius 3 is 2.44 bits per heavy atom. The minimum atomic E-state index is -4.13. The van der Waals surface area contributed by atoms with Crippen LogP contribution in [-0.2, 0) is 10.0 Å². The number of nitrogens with two attached hydrogens (primary N) is 1. The van der Waals surface area contributed by atoms with Crippen molar-refractivity contribution in [3.8, 4) is 0 Å². The number of nitrogen functional groups attached to an aromatic ring is 1. The Bertz CT molecular complexity index is 521. The van der Waals surface area contributed by atoms with E-state index in [-0.39, 0.29) is 5.69 Å². The van der Waals surface area contributed by atoms with Crippen LogP contribution in [0.5, 0.6) is 0 Å². The van der Waals surface area contributed by atoms with Gasteiger partial charge in [-0.3, -0.25) is 0 Å². The zero-order valence-electron chi connectivity index (χ0n) is 10.4. The third-order valence-corrected chi connectivity index (χ3v) is 4.47. The van der Waals surface area contributed by atoms with Crippen LogP contribution >= 0.6 is 0 Å². The first-order valence-corrected chi connectivity index (χ1v) is 6.82. The fourth-order valence-electron chi connectivity index (χ4n) is 1.29. The molecule has 0 fully saturated rings. The standard InChI is InChI=1S/C11H17FN2O3S/c1-7(15)11(2,3)14-18(16,17)10-8(12)5-4-6-9(10)13/h4-7,14-15H,13H2,1-3H3. The summed E-state index contributed by atoms with van der Waals surface area (Å²) < 4.78 is 39.9. The number of hydrogen-bond donors (Lipinski definition) is 3. The van der Waals surface area contributed by atoms with E-state index in [1.54, 1.807) is 0 Å². The Morgan fingerprint density at radius 2 is 2.00 bits per heavy atom. The maximum absolute atomic E-state index is 13.6. The Balaban J connectivity index is 3.24. The molecule has 5 nitrogen and oxygen atoms in total. The number of aliphatic hydroxyl groups excluding tert-OH is 1. The Kier molecular flexibility index (Phi) is 3.99. The van der Waals surface area contributed by atoms with E-state index in [9.17, 15) is 17.9 Å². The van der Waals surface area contributed by atoms with Gasteiger partial charge in [0.1, 0.15) is 10.7 Å². The SMILES string of the molecule is CC(O)C(C)(C)NS(=O)(=O)c1c(N)cccc1F. The zero-order valence-corrected chi connectivity index (χ0v) is 11.3. The molecule has 4 N–H and O–H groups in total. The summed E-state index contributed by atoms with van der Waals surface area (Å²) in [5, 5.41) is 9.48. The lowest BCUT2D eigenvalue weighted by molar-refractivity contribution is 0.111. The minimum Gasteiger partial charge on any atom is -0.398 e. The van der Waals surface area contributed by atoms with Crippen molar-refractivity contribution in [2.75, 3.05) is 5.73 Å². The fourth-order valence-corrected chi connectivity index (χ4v) is 2.96. The molecule has 0 radical (unpaired) electrons. The van der Waals surface area contributed by atoms with Crippen molar-refractivity contribution >= 4 is 15.7 Å². The first-order valence-electron chi connectivity index (χ1n) is 5.34. The normalized spacial score (nSPS) is 14.5. The van der Waals surface area contributed by atoms with Gasteiger partial charge in [0.15, 0.2) is 0 Å². The van der Waals surface area contributed by atoms with Crippen molar-refractivity contribution in [2.24, 2.45) is 0 Å². The van der Waals surface area contributed by atoms with Gasteiger partial charge in [0.2, 0.25) is 10.0 Å². The van der Waals surface area contributed by atoms with Crippen LogP contribution in [0, 0.1) is 5.82 Å². The van der Waals surface area contributed by atoms with Gasteiger partial charge in [-0.25, -0.2) is 17.5 Å². The largest absolute Gasteiger partial charge is 0.398 e. The second kappa shape index (κ2) is 4.83. The summed E-state index contributed by atoms with van der Waals surface area (Å²) in [5.74, 6) is -0.927. The quantitative estimate of drug-likeness (QED) is 0.711. The predicted octanol–water partition coefficient (Wildman–Crippen LogP) is 0.846. The molecule has 0 saturated heterocycles. The summed E-state index contributed by atoms with van der Waals surface area (Å²) in [5.41, 5.74) is 4.17. The average Bonchev–Trinajstić information content (AvgIpc) is 2.14. The van der Waals surface area contributed by atoms with Crippen molar-refractivity contribution < 1.29 is 17.9 Å². The number of hydrogen-bond acceptors (Lipinski definition) is 4. The van der Waals surface area contributed by atoms with E-state index < -0.39 is 32.4 Å². The van der Waals surface area contributed by atoms with Gasteiger partial charge in [0, 0.05) is 0 Å². The molecule has 0 aliphatic rings. The lowest BCUT2D eigenvalue weighted by atomic mass is 10.0. The van der Waals surface area contributed by atoms with Crippen LogP contribution in [0.1, 0.15) is 20.8 Å². The Labute approximate surface area is 106 Å². The topological polar surface area (TPSA) is 92.4 Å². The van der Waals surface area contributed by atoms with Crippen molar-refractivity contribution in [3.63, 3.8) is 0 Å².